The van der Waals surface area contributed by atoms with Crippen LogP contribution in [0.4, 0.5) is 11.4 Å². The summed E-state index contributed by atoms with van der Waals surface area (Å²) in [7, 11) is 1.63. The Morgan fingerprint density at radius 1 is 1.16 bits per heavy atom. The van der Waals surface area contributed by atoms with Gasteiger partial charge in [-0.1, -0.05) is 35.9 Å². The Bertz CT molecular complexity index is 881. The summed E-state index contributed by atoms with van der Waals surface area (Å²) in [5, 5.41) is 11.8. The fourth-order valence-electron chi connectivity index (χ4n) is 2.31. The van der Waals surface area contributed by atoms with Crippen LogP contribution in [0.15, 0.2) is 60.9 Å². The fourth-order valence-corrected chi connectivity index (χ4v) is 2.74. The first-order valence-corrected chi connectivity index (χ1v) is 8.40. The van der Waals surface area contributed by atoms with Crippen LogP contribution in [0.3, 0.4) is 0 Å². The van der Waals surface area contributed by atoms with Crippen molar-refractivity contribution < 1.29 is 4.74 Å². The number of halogens is 1. The third-order valence-electron chi connectivity index (χ3n) is 3.51. The zero-order valence-electron chi connectivity index (χ0n) is 13.6. The maximum absolute atomic E-state index is 6.18. The van der Waals surface area contributed by atoms with Crippen LogP contribution in [0.25, 0.3) is 0 Å². The molecule has 1 aromatic heterocycles. The summed E-state index contributed by atoms with van der Waals surface area (Å²) in [6.07, 6.45) is 3.60. The summed E-state index contributed by atoms with van der Waals surface area (Å²) < 4.78 is 7.00. The molecular weight excluding hydrogens is 356 g/mol. The summed E-state index contributed by atoms with van der Waals surface area (Å²) in [6, 6.07) is 15.3. The molecule has 0 spiro atoms. The Labute approximate surface area is 156 Å². The number of ether oxygens (including phenoxy) is 1. The molecule has 1 heterocycles. The number of thiocarbonyl (C=S) groups is 1. The topological polar surface area (TPSA) is 51.1 Å². The number of methoxy groups -OCH3 is 1. The van der Waals surface area contributed by atoms with Gasteiger partial charge in [0.25, 0.3) is 0 Å². The molecular formula is C18H17ClN4OS. The predicted molar refractivity (Wildman–Crippen MR) is 106 cm³/mol. The van der Waals surface area contributed by atoms with E-state index in [2.05, 4.69) is 15.7 Å². The lowest BCUT2D eigenvalue weighted by Crippen LogP contribution is -2.18. The molecule has 0 unspecified atom stereocenters. The van der Waals surface area contributed by atoms with Crippen LogP contribution >= 0.6 is 23.8 Å². The number of hydrogen-bond acceptors (Lipinski definition) is 3. The molecule has 0 aliphatic carbocycles. The maximum atomic E-state index is 6.18. The van der Waals surface area contributed by atoms with Crippen LogP contribution in [-0.2, 0) is 6.54 Å². The Kier molecular flexibility index (Phi) is 5.53. The van der Waals surface area contributed by atoms with Crippen LogP contribution in [0.5, 0.6) is 5.75 Å². The van der Waals surface area contributed by atoms with Crippen molar-refractivity contribution in [1.29, 1.82) is 0 Å². The van der Waals surface area contributed by atoms with E-state index < -0.39 is 0 Å². The number of nitrogens with one attached hydrogen (secondary N) is 2. The van der Waals surface area contributed by atoms with E-state index >= 15 is 0 Å². The van der Waals surface area contributed by atoms with Crippen LogP contribution in [-0.4, -0.2) is 22.0 Å². The highest BCUT2D eigenvalue weighted by Gasteiger charge is 2.05. The molecule has 2 aromatic carbocycles. The number of nitrogens with zero attached hydrogens (tertiary/aromatic N) is 2. The highest BCUT2D eigenvalue weighted by atomic mass is 35.5. The molecule has 0 saturated carbocycles. The van der Waals surface area contributed by atoms with Crippen molar-refractivity contribution in [3.8, 4) is 5.75 Å². The van der Waals surface area contributed by atoms with Crippen LogP contribution in [0, 0.1) is 0 Å². The monoisotopic (exact) mass is 372 g/mol. The van der Waals surface area contributed by atoms with Crippen molar-refractivity contribution in [2.45, 2.75) is 6.54 Å². The molecule has 0 atom stereocenters. The standard InChI is InChI=1S/C18H17ClN4OS/c1-24-16-7-4-6-14(9-16)21-18(25)22-15-10-20-23(12-15)11-13-5-2-3-8-17(13)19/h2-10,12H,11H2,1H3,(H2,21,22,25). The van der Waals surface area contributed by atoms with E-state index in [1.54, 1.807) is 18.0 Å². The lowest BCUT2D eigenvalue weighted by molar-refractivity contribution is 0.415. The number of hydrogen-bond donors (Lipinski definition) is 2. The van der Waals surface area contributed by atoms with Gasteiger partial charge in [0.05, 0.1) is 25.5 Å². The van der Waals surface area contributed by atoms with E-state index in [9.17, 15) is 0 Å². The minimum absolute atomic E-state index is 0.477. The van der Waals surface area contributed by atoms with Gasteiger partial charge in [0.1, 0.15) is 5.75 Å². The molecule has 5 nitrogen and oxygen atoms in total. The molecule has 0 fully saturated rings. The molecule has 0 radical (unpaired) electrons. The molecule has 0 aliphatic rings. The van der Waals surface area contributed by atoms with Crippen molar-refractivity contribution in [3.05, 3.63) is 71.5 Å². The number of benzene rings is 2. The summed E-state index contributed by atoms with van der Waals surface area (Å²) in [5.74, 6) is 0.764. The maximum Gasteiger partial charge on any atom is 0.175 e. The summed E-state index contributed by atoms with van der Waals surface area (Å²) in [4.78, 5) is 0. The molecule has 7 heteroatoms. The quantitative estimate of drug-likeness (QED) is 0.650. The molecule has 0 aliphatic heterocycles. The second-order valence-electron chi connectivity index (χ2n) is 5.33. The minimum atomic E-state index is 0.477. The lowest BCUT2D eigenvalue weighted by Gasteiger charge is -2.10. The first-order chi connectivity index (χ1) is 12.1. The van der Waals surface area contributed by atoms with Gasteiger partial charge in [-0.2, -0.15) is 5.10 Å². The molecule has 25 heavy (non-hydrogen) atoms. The zero-order valence-corrected chi connectivity index (χ0v) is 15.1. The highest BCUT2D eigenvalue weighted by Crippen LogP contribution is 2.18. The number of aromatic nitrogens is 2. The Hall–Kier alpha value is -2.57. The second-order valence-corrected chi connectivity index (χ2v) is 6.14. The van der Waals surface area contributed by atoms with E-state index in [1.807, 2.05) is 54.7 Å². The summed E-state index contributed by atoms with van der Waals surface area (Å²) in [5.41, 5.74) is 2.66. The van der Waals surface area contributed by atoms with Gasteiger partial charge >= 0.3 is 0 Å². The highest BCUT2D eigenvalue weighted by molar-refractivity contribution is 7.80. The van der Waals surface area contributed by atoms with Gasteiger partial charge in [-0.3, -0.25) is 4.68 Å². The normalized spacial score (nSPS) is 10.3. The van der Waals surface area contributed by atoms with E-state index in [-0.39, 0.29) is 0 Å². The van der Waals surface area contributed by atoms with Gasteiger partial charge in [0.15, 0.2) is 5.11 Å². The average Bonchev–Trinajstić information content (AvgIpc) is 3.04. The van der Waals surface area contributed by atoms with E-state index in [4.69, 9.17) is 28.6 Å². The second kappa shape index (κ2) is 8.00. The van der Waals surface area contributed by atoms with Crippen molar-refractivity contribution >= 4 is 40.3 Å². The summed E-state index contributed by atoms with van der Waals surface area (Å²) in [6.45, 7) is 0.595. The Balaban J connectivity index is 1.61. The van der Waals surface area contributed by atoms with Crippen LogP contribution in [0.1, 0.15) is 5.56 Å². The van der Waals surface area contributed by atoms with Crippen molar-refractivity contribution in [1.82, 2.24) is 9.78 Å². The van der Waals surface area contributed by atoms with Gasteiger partial charge < -0.3 is 15.4 Å². The largest absolute Gasteiger partial charge is 0.497 e. The van der Waals surface area contributed by atoms with E-state index in [0.717, 1.165) is 27.7 Å². The first kappa shape index (κ1) is 17.3. The minimum Gasteiger partial charge on any atom is -0.497 e. The molecule has 128 valence electrons. The van der Waals surface area contributed by atoms with Crippen LogP contribution < -0.4 is 15.4 Å². The number of anilines is 2. The first-order valence-electron chi connectivity index (χ1n) is 7.62. The number of rotatable bonds is 5. The van der Waals surface area contributed by atoms with Gasteiger partial charge in [-0.25, -0.2) is 0 Å². The van der Waals surface area contributed by atoms with Gasteiger partial charge in [-0.15, -0.1) is 0 Å². The fraction of sp³-hybridized carbons (Fsp3) is 0.111. The van der Waals surface area contributed by atoms with Gasteiger partial charge in [-0.05, 0) is 36.0 Å². The van der Waals surface area contributed by atoms with Crippen molar-refractivity contribution in [3.63, 3.8) is 0 Å². The predicted octanol–water partition coefficient (Wildman–Crippen LogP) is 4.40. The zero-order chi connectivity index (χ0) is 17.6. The molecule has 0 saturated heterocycles. The molecule has 3 aromatic rings. The third-order valence-corrected chi connectivity index (χ3v) is 4.08. The van der Waals surface area contributed by atoms with Crippen molar-refractivity contribution in [2.24, 2.45) is 0 Å². The van der Waals surface area contributed by atoms with Crippen molar-refractivity contribution in [2.75, 3.05) is 17.7 Å². The van der Waals surface area contributed by atoms with Crippen LogP contribution in [0.2, 0.25) is 5.02 Å². The van der Waals surface area contributed by atoms with E-state index in [1.165, 1.54) is 0 Å². The molecule has 0 amide bonds. The van der Waals surface area contributed by atoms with Gasteiger partial charge in [0.2, 0.25) is 0 Å². The Morgan fingerprint density at radius 2 is 1.96 bits per heavy atom. The SMILES string of the molecule is COc1cccc(NC(=S)Nc2cnn(Cc3ccccc3Cl)c2)c1. The molecule has 2 N–H and O–H groups in total. The smallest absolute Gasteiger partial charge is 0.175 e. The molecule has 3 rings (SSSR count). The molecule has 0 bridgehead atoms. The lowest BCUT2D eigenvalue weighted by atomic mass is 10.2. The average molecular weight is 373 g/mol. The Morgan fingerprint density at radius 3 is 2.76 bits per heavy atom. The van der Waals surface area contributed by atoms with Gasteiger partial charge in [0, 0.05) is 23.0 Å². The third kappa shape index (κ3) is 4.71. The van der Waals surface area contributed by atoms with E-state index in [0.29, 0.717) is 11.7 Å². The summed E-state index contributed by atoms with van der Waals surface area (Å²) >= 11 is 11.5.